The van der Waals surface area contributed by atoms with Gasteiger partial charge in [0.25, 0.3) is 0 Å². The molecule has 0 aliphatic heterocycles. The Kier molecular flexibility index (Phi) is 4.52. The molecule has 0 unspecified atom stereocenters. The van der Waals surface area contributed by atoms with E-state index in [0.717, 1.165) is 25.8 Å². The van der Waals surface area contributed by atoms with E-state index >= 15 is 0 Å². The molecular formula is C24H26N2. The minimum Gasteiger partial charge on any atom is -0.354 e. The van der Waals surface area contributed by atoms with Gasteiger partial charge in [0.2, 0.25) is 0 Å². The van der Waals surface area contributed by atoms with Crippen molar-refractivity contribution in [1.82, 2.24) is 4.98 Å². The highest BCUT2D eigenvalue weighted by Gasteiger charge is 2.16. The van der Waals surface area contributed by atoms with E-state index in [1.165, 1.54) is 49.6 Å². The summed E-state index contributed by atoms with van der Waals surface area (Å²) in [5.41, 5.74) is 13.6. The quantitative estimate of drug-likeness (QED) is 0.436. The van der Waals surface area contributed by atoms with E-state index < -0.39 is 0 Å². The van der Waals surface area contributed by atoms with Crippen LogP contribution < -0.4 is 5.73 Å². The van der Waals surface area contributed by atoms with Crippen LogP contribution in [0, 0.1) is 13.8 Å². The van der Waals surface area contributed by atoms with E-state index in [4.69, 9.17) is 5.73 Å². The molecule has 0 atom stereocenters. The van der Waals surface area contributed by atoms with Crippen LogP contribution in [0.5, 0.6) is 0 Å². The van der Waals surface area contributed by atoms with Crippen LogP contribution in [0.2, 0.25) is 0 Å². The number of benzene rings is 3. The van der Waals surface area contributed by atoms with E-state index in [2.05, 4.69) is 73.4 Å². The fourth-order valence-electron chi connectivity index (χ4n) is 4.09. The van der Waals surface area contributed by atoms with Crippen LogP contribution in [0.3, 0.4) is 0 Å². The Labute approximate surface area is 155 Å². The average Bonchev–Trinajstić information content (AvgIpc) is 3.00. The second-order valence-corrected chi connectivity index (χ2v) is 7.26. The Morgan fingerprint density at radius 2 is 1.69 bits per heavy atom. The Morgan fingerprint density at radius 1 is 0.885 bits per heavy atom. The maximum atomic E-state index is 5.74. The predicted octanol–water partition coefficient (Wildman–Crippen LogP) is 5.89. The largest absolute Gasteiger partial charge is 0.354 e. The molecule has 26 heavy (non-hydrogen) atoms. The maximum absolute atomic E-state index is 5.74. The van der Waals surface area contributed by atoms with Gasteiger partial charge in [0.15, 0.2) is 0 Å². The van der Waals surface area contributed by atoms with E-state index in [0.29, 0.717) is 0 Å². The lowest BCUT2D eigenvalue weighted by molar-refractivity contribution is 0.748. The molecule has 4 rings (SSSR count). The van der Waals surface area contributed by atoms with Gasteiger partial charge in [0, 0.05) is 16.5 Å². The van der Waals surface area contributed by atoms with Crippen molar-refractivity contribution in [2.75, 3.05) is 6.54 Å². The SMILES string of the molecule is Cc1cc(C)c2[nH]c(-c3cccc4ccccc34)c(CCCCN)c2c1. The molecule has 0 spiro atoms. The van der Waals surface area contributed by atoms with Gasteiger partial charge in [-0.05, 0) is 67.6 Å². The molecule has 2 heteroatoms. The van der Waals surface area contributed by atoms with E-state index in [1.54, 1.807) is 0 Å². The Hall–Kier alpha value is -2.58. The van der Waals surface area contributed by atoms with Crippen molar-refractivity contribution in [3.05, 3.63) is 71.3 Å². The molecule has 0 bridgehead atoms. The molecule has 1 heterocycles. The van der Waals surface area contributed by atoms with Crippen LogP contribution in [-0.2, 0) is 6.42 Å². The smallest absolute Gasteiger partial charge is 0.0503 e. The molecule has 0 amide bonds. The summed E-state index contributed by atoms with van der Waals surface area (Å²) < 4.78 is 0. The predicted molar refractivity (Wildman–Crippen MR) is 113 cm³/mol. The molecule has 0 fully saturated rings. The summed E-state index contributed by atoms with van der Waals surface area (Å²) in [5, 5.41) is 3.95. The lowest BCUT2D eigenvalue weighted by atomic mass is 9.95. The first-order valence-corrected chi connectivity index (χ1v) is 9.49. The van der Waals surface area contributed by atoms with Crippen LogP contribution in [0.4, 0.5) is 0 Å². The second kappa shape index (κ2) is 6.97. The minimum absolute atomic E-state index is 0.754. The molecule has 0 saturated heterocycles. The zero-order valence-corrected chi connectivity index (χ0v) is 15.6. The summed E-state index contributed by atoms with van der Waals surface area (Å²) in [6.45, 7) is 5.13. The first kappa shape index (κ1) is 16.9. The maximum Gasteiger partial charge on any atom is 0.0503 e. The van der Waals surface area contributed by atoms with Crippen molar-refractivity contribution < 1.29 is 0 Å². The van der Waals surface area contributed by atoms with Crippen molar-refractivity contribution in [2.24, 2.45) is 5.73 Å². The summed E-state index contributed by atoms with van der Waals surface area (Å²) in [4.78, 5) is 3.76. The molecule has 132 valence electrons. The Bertz CT molecular complexity index is 1070. The van der Waals surface area contributed by atoms with Crippen molar-refractivity contribution in [1.29, 1.82) is 0 Å². The van der Waals surface area contributed by atoms with Gasteiger partial charge >= 0.3 is 0 Å². The number of fused-ring (bicyclic) bond motifs is 2. The molecular weight excluding hydrogens is 316 g/mol. The normalized spacial score (nSPS) is 11.5. The van der Waals surface area contributed by atoms with Crippen LogP contribution in [-0.4, -0.2) is 11.5 Å². The standard InChI is InChI=1S/C24H26N2/c1-16-14-17(2)23-22(15-16)21(11-5-6-13-25)24(26-23)20-12-7-9-18-8-3-4-10-19(18)20/h3-4,7-10,12,14-15,26H,5-6,11,13,25H2,1-2H3. The Morgan fingerprint density at radius 3 is 2.54 bits per heavy atom. The van der Waals surface area contributed by atoms with Crippen LogP contribution >= 0.6 is 0 Å². The first-order chi connectivity index (χ1) is 12.7. The summed E-state index contributed by atoms with van der Waals surface area (Å²) in [6.07, 6.45) is 3.24. The number of H-pyrrole nitrogens is 1. The number of aromatic nitrogens is 1. The zero-order valence-electron chi connectivity index (χ0n) is 15.6. The Balaban J connectivity index is 1.98. The van der Waals surface area contributed by atoms with Gasteiger partial charge in [0.1, 0.15) is 0 Å². The van der Waals surface area contributed by atoms with Crippen molar-refractivity contribution in [3.8, 4) is 11.3 Å². The fourth-order valence-corrected chi connectivity index (χ4v) is 4.09. The number of nitrogens with two attached hydrogens (primary N) is 1. The van der Waals surface area contributed by atoms with Crippen molar-refractivity contribution >= 4 is 21.7 Å². The highest BCUT2D eigenvalue weighted by Crippen LogP contribution is 2.36. The summed E-state index contributed by atoms with van der Waals surface area (Å²) >= 11 is 0. The van der Waals surface area contributed by atoms with Gasteiger partial charge in [-0.15, -0.1) is 0 Å². The van der Waals surface area contributed by atoms with Crippen molar-refractivity contribution in [2.45, 2.75) is 33.1 Å². The third kappa shape index (κ3) is 2.91. The molecule has 0 aliphatic carbocycles. The fraction of sp³-hybridized carbons (Fsp3) is 0.250. The lowest BCUT2D eigenvalue weighted by Gasteiger charge is -2.09. The topological polar surface area (TPSA) is 41.8 Å². The second-order valence-electron chi connectivity index (χ2n) is 7.26. The number of unbranched alkanes of at least 4 members (excludes halogenated alkanes) is 1. The molecule has 0 saturated carbocycles. The molecule has 3 N–H and O–H groups in total. The monoisotopic (exact) mass is 342 g/mol. The van der Waals surface area contributed by atoms with Gasteiger partial charge in [-0.3, -0.25) is 0 Å². The van der Waals surface area contributed by atoms with E-state index in [1.807, 2.05) is 0 Å². The lowest BCUT2D eigenvalue weighted by Crippen LogP contribution is -1.99. The number of aromatic amines is 1. The number of nitrogens with one attached hydrogen (secondary N) is 1. The highest BCUT2D eigenvalue weighted by atomic mass is 14.7. The minimum atomic E-state index is 0.754. The number of aryl methyl sites for hydroxylation is 3. The molecule has 4 aromatic rings. The first-order valence-electron chi connectivity index (χ1n) is 9.49. The highest BCUT2D eigenvalue weighted by molar-refractivity contribution is 6.01. The van der Waals surface area contributed by atoms with Gasteiger partial charge in [0.05, 0.1) is 5.69 Å². The number of rotatable bonds is 5. The average molecular weight is 342 g/mol. The molecule has 0 radical (unpaired) electrons. The van der Waals surface area contributed by atoms with E-state index in [9.17, 15) is 0 Å². The van der Waals surface area contributed by atoms with E-state index in [-0.39, 0.29) is 0 Å². The molecule has 3 aromatic carbocycles. The summed E-state index contributed by atoms with van der Waals surface area (Å²) in [7, 11) is 0. The molecule has 1 aromatic heterocycles. The summed E-state index contributed by atoms with van der Waals surface area (Å²) in [6, 6.07) is 19.8. The van der Waals surface area contributed by atoms with Gasteiger partial charge < -0.3 is 10.7 Å². The number of hydrogen-bond acceptors (Lipinski definition) is 1. The third-order valence-corrected chi connectivity index (χ3v) is 5.30. The zero-order chi connectivity index (χ0) is 18.1. The molecule has 2 nitrogen and oxygen atoms in total. The van der Waals surface area contributed by atoms with Crippen LogP contribution in [0.15, 0.2) is 54.6 Å². The van der Waals surface area contributed by atoms with Crippen molar-refractivity contribution in [3.63, 3.8) is 0 Å². The molecule has 0 aliphatic rings. The van der Waals surface area contributed by atoms with Gasteiger partial charge in [-0.2, -0.15) is 0 Å². The summed E-state index contributed by atoms with van der Waals surface area (Å²) in [5.74, 6) is 0. The van der Waals surface area contributed by atoms with Crippen LogP contribution in [0.25, 0.3) is 32.9 Å². The van der Waals surface area contributed by atoms with Crippen LogP contribution in [0.1, 0.15) is 29.5 Å². The number of hydrogen-bond donors (Lipinski definition) is 2. The van der Waals surface area contributed by atoms with Gasteiger partial charge in [-0.1, -0.05) is 54.1 Å². The van der Waals surface area contributed by atoms with Gasteiger partial charge in [-0.25, -0.2) is 0 Å². The third-order valence-electron chi connectivity index (χ3n) is 5.30.